The van der Waals surface area contributed by atoms with Gasteiger partial charge in [-0.25, -0.2) is 4.39 Å². The van der Waals surface area contributed by atoms with Crippen LogP contribution in [0.2, 0.25) is 0 Å². The molecule has 144 valence electrons. The van der Waals surface area contributed by atoms with Gasteiger partial charge in [0, 0.05) is 50.3 Å². The number of rotatable bonds is 8. The van der Waals surface area contributed by atoms with Gasteiger partial charge in [-0.15, -0.1) is 0 Å². The van der Waals surface area contributed by atoms with Crippen molar-refractivity contribution in [3.63, 3.8) is 0 Å². The molecule has 0 spiro atoms. The smallest absolute Gasteiger partial charge is 0.163 e. The number of carbonyl (C=O) groups excluding carboxylic acids is 1. The molecule has 4 nitrogen and oxygen atoms in total. The van der Waals surface area contributed by atoms with E-state index in [2.05, 4.69) is 11.0 Å². The maximum atomic E-state index is 14.6. The van der Waals surface area contributed by atoms with Gasteiger partial charge in [0.1, 0.15) is 5.75 Å². The number of Topliss-reactive ketones (excluding diaryl/α,β-unsaturated/α-hetero) is 1. The SMILES string of the molecule is COc1ccccc1CN1CCN(C(F)CCC(=O)c2ccccc2)CC1. The van der Waals surface area contributed by atoms with Crippen molar-refractivity contribution in [1.29, 1.82) is 0 Å². The molecule has 2 aromatic carbocycles. The third-order valence-electron chi connectivity index (χ3n) is 5.09. The number of nitrogens with zero attached hydrogens (tertiary/aromatic N) is 2. The topological polar surface area (TPSA) is 32.8 Å². The number of para-hydroxylation sites is 1. The highest BCUT2D eigenvalue weighted by atomic mass is 19.1. The van der Waals surface area contributed by atoms with Crippen molar-refractivity contribution < 1.29 is 13.9 Å². The minimum atomic E-state index is -1.06. The third-order valence-corrected chi connectivity index (χ3v) is 5.09. The van der Waals surface area contributed by atoms with E-state index in [-0.39, 0.29) is 18.6 Å². The molecule has 0 N–H and O–H groups in total. The number of hydrogen-bond donors (Lipinski definition) is 0. The zero-order chi connectivity index (χ0) is 19.1. The Kier molecular flexibility index (Phi) is 6.96. The van der Waals surface area contributed by atoms with Crippen LogP contribution in [0.4, 0.5) is 4.39 Å². The van der Waals surface area contributed by atoms with Crippen molar-refractivity contribution in [2.24, 2.45) is 0 Å². The van der Waals surface area contributed by atoms with E-state index >= 15 is 0 Å². The van der Waals surface area contributed by atoms with Gasteiger partial charge in [0.15, 0.2) is 12.1 Å². The molecule has 1 aliphatic heterocycles. The van der Waals surface area contributed by atoms with Crippen LogP contribution in [0.25, 0.3) is 0 Å². The molecule has 0 saturated carbocycles. The summed E-state index contributed by atoms with van der Waals surface area (Å²) in [6, 6.07) is 17.1. The lowest BCUT2D eigenvalue weighted by molar-refractivity contribution is 0.0236. The van der Waals surface area contributed by atoms with Gasteiger partial charge >= 0.3 is 0 Å². The number of methoxy groups -OCH3 is 1. The summed E-state index contributed by atoms with van der Waals surface area (Å²) in [6.45, 7) is 3.78. The standard InChI is InChI=1S/C22H27FN2O2/c1-27-21-10-6-5-9-19(21)17-24-13-15-25(16-14-24)22(23)12-11-20(26)18-7-3-2-4-8-18/h2-10,22H,11-17H2,1H3. The van der Waals surface area contributed by atoms with Crippen LogP contribution in [-0.2, 0) is 6.54 Å². The molecule has 0 aliphatic carbocycles. The van der Waals surface area contributed by atoms with Crippen molar-refractivity contribution in [3.05, 3.63) is 65.7 Å². The van der Waals surface area contributed by atoms with Gasteiger partial charge in [-0.2, -0.15) is 0 Å². The fraction of sp³-hybridized carbons (Fsp3) is 0.409. The van der Waals surface area contributed by atoms with Crippen molar-refractivity contribution in [2.75, 3.05) is 33.3 Å². The Labute approximate surface area is 160 Å². The van der Waals surface area contributed by atoms with Crippen LogP contribution >= 0.6 is 0 Å². The molecule has 0 aromatic heterocycles. The molecule has 1 unspecified atom stereocenters. The molecule has 3 rings (SSSR count). The van der Waals surface area contributed by atoms with Crippen LogP contribution in [0.1, 0.15) is 28.8 Å². The lowest BCUT2D eigenvalue weighted by atomic mass is 10.1. The van der Waals surface area contributed by atoms with E-state index in [4.69, 9.17) is 4.74 Å². The van der Waals surface area contributed by atoms with Crippen molar-refractivity contribution in [3.8, 4) is 5.75 Å². The minimum absolute atomic E-state index is 0.00746. The number of hydrogen-bond acceptors (Lipinski definition) is 4. The number of piperazine rings is 1. The molecule has 0 amide bonds. The molecule has 1 fully saturated rings. The summed E-state index contributed by atoms with van der Waals surface area (Å²) in [4.78, 5) is 16.3. The van der Waals surface area contributed by atoms with Gasteiger partial charge < -0.3 is 4.74 Å². The normalized spacial score (nSPS) is 16.8. The molecule has 0 bridgehead atoms. The van der Waals surface area contributed by atoms with E-state index in [0.29, 0.717) is 18.7 Å². The molecule has 1 atom stereocenters. The summed E-state index contributed by atoms with van der Waals surface area (Å²) in [5.74, 6) is 0.899. The molecule has 1 heterocycles. The quantitative estimate of drug-likeness (QED) is 0.523. The van der Waals surface area contributed by atoms with Crippen molar-refractivity contribution >= 4 is 5.78 Å². The predicted molar refractivity (Wildman–Crippen MR) is 105 cm³/mol. The molecular formula is C22H27FN2O2. The Morgan fingerprint density at radius 3 is 2.41 bits per heavy atom. The largest absolute Gasteiger partial charge is 0.496 e. The number of carbonyl (C=O) groups is 1. The maximum Gasteiger partial charge on any atom is 0.163 e. The molecular weight excluding hydrogens is 343 g/mol. The lowest BCUT2D eigenvalue weighted by Crippen LogP contribution is -2.48. The molecule has 0 radical (unpaired) electrons. The fourth-order valence-electron chi connectivity index (χ4n) is 3.48. The highest BCUT2D eigenvalue weighted by molar-refractivity contribution is 5.95. The van der Waals surface area contributed by atoms with Crippen LogP contribution in [-0.4, -0.2) is 55.2 Å². The predicted octanol–water partition coefficient (Wildman–Crippen LogP) is 3.77. The summed E-state index contributed by atoms with van der Waals surface area (Å²) in [7, 11) is 1.68. The van der Waals surface area contributed by atoms with E-state index in [1.807, 2.05) is 41.3 Å². The highest BCUT2D eigenvalue weighted by Crippen LogP contribution is 2.21. The first-order valence-electron chi connectivity index (χ1n) is 9.48. The summed E-state index contributed by atoms with van der Waals surface area (Å²) >= 11 is 0. The van der Waals surface area contributed by atoms with E-state index in [1.165, 1.54) is 0 Å². The third kappa shape index (κ3) is 5.37. The number of ether oxygens (including phenoxy) is 1. The number of alkyl halides is 1. The van der Waals surface area contributed by atoms with Crippen LogP contribution in [0.15, 0.2) is 54.6 Å². The van der Waals surface area contributed by atoms with E-state index in [0.717, 1.165) is 30.9 Å². The summed E-state index contributed by atoms with van der Waals surface area (Å²) in [6.07, 6.45) is -0.571. The minimum Gasteiger partial charge on any atom is -0.496 e. The van der Waals surface area contributed by atoms with E-state index in [1.54, 1.807) is 19.2 Å². The van der Waals surface area contributed by atoms with E-state index < -0.39 is 6.30 Å². The zero-order valence-corrected chi connectivity index (χ0v) is 15.8. The molecule has 1 saturated heterocycles. The van der Waals surface area contributed by atoms with Gasteiger partial charge in [-0.3, -0.25) is 14.6 Å². The monoisotopic (exact) mass is 370 g/mol. The Morgan fingerprint density at radius 2 is 1.70 bits per heavy atom. The molecule has 27 heavy (non-hydrogen) atoms. The van der Waals surface area contributed by atoms with Gasteiger partial charge in [0.2, 0.25) is 0 Å². The Hall–Kier alpha value is -2.24. The Balaban J connectivity index is 1.44. The average Bonchev–Trinajstić information content (AvgIpc) is 2.73. The van der Waals surface area contributed by atoms with Crippen LogP contribution < -0.4 is 4.74 Å². The first kappa shape index (κ1) is 19.5. The summed E-state index contributed by atoms with van der Waals surface area (Å²) < 4.78 is 20.0. The number of benzene rings is 2. The van der Waals surface area contributed by atoms with Crippen LogP contribution in [0.3, 0.4) is 0 Å². The molecule has 5 heteroatoms. The lowest BCUT2D eigenvalue weighted by Gasteiger charge is -2.36. The number of ketones is 1. The Bertz CT molecular complexity index is 730. The summed E-state index contributed by atoms with van der Waals surface area (Å²) in [5.41, 5.74) is 1.81. The number of halogens is 1. The Morgan fingerprint density at radius 1 is 1.04 bits per heavy atom. The van der Waals surface area contributed by atoms with Crippen LogP contribution in [0.5, 0.6) is 5.75 Å². The van der Waals surface area contributed by atoms with Gasteiger partial charge in [-0.05, 0) is 12.5 Å². The first-order valence-corrected chi connectivity index (χ1v) is 9.48. The zero-order valence-electron chi connectivity index (χ0n) is 15.8. The second-order valence-electron chi connectivity index (χ2n) is 6.89. The van der Waals surface area contributed by atoms with Gasteiger partial charge in [0.05, 0.1) is 7.11 Å². The van der Waals surface area contributed by atoms with Crippen molar-refractivity contribution in [2.45, 2.75) is 25.7 Å². The van der Waals surface area contributed by atoms with Gasteiger partial charge in [0.25, 0.3) is 0 Å². The van der Waals surface area contributed by atoms with Crippen molar-refractivity contribution in [1.82, 2.24) is 9.80 Å². The maximum absolute atomic E-state index is 14.6. The first-order chi connectivity index (χ1) is 13.2. The second kappa shape index (κ2) is 9.62. The second-order valence-corrected chi connectivity index (χ2v) is 6.89. The van der Waals surface area contributed by atoms with Gasteiger partial charge in [-0.1, -0.05) is 48.5 Å². The van der Waals surface area contributed by atoms with Crippen LogP contribution in [0, 0.1) is 0 Å². The highest BCUT2D eigenvalue weighted by Gasteiger charge is 2.24. The molecule has 1 aliphatic rings. The average molecular weight is 370 g/mol. The summed E-state index contributed by atoms with van der Waals surface area (Å²) in [5, 5.41) is 0. The molecule has 2 aromatic rings. The fourth-order valence-corrected chi connectivity index (χ4v) is 3.48. The van der Waals surface area contributed by atoms with E-state index in [9.17, 15) is 9.18 Å².